The summed E-state index contributed by atoms with van der Waals surface area (Å²) in [5, 5.41) is 12.0. The van der Waals surface area contributed by atoms with Gasteiger partial charge in [-0.3, -0.25) is 14.9 Å². The summed E-state index contributed by atoms with van der Waals surface area (Å²) in [6.45, 7) is 1.69. The summed E-state index contributed by atoms with van der Waals surface area (Å²) in [6.07, 6.45) is 1.45. The molecule has 0 atom stereocenters. The molecule has 2 aromatic carbocycles. The summed E-state index contributed by atoms with van der Waals surface area (Å²) in [4.78, 5) is 35.2. The molecule has 1 fully saturated rings. The van der Waals surface area contributed by atoms with Gasteiger partial charge in [0.15, 0.2) is 17.3 Å². The number of hydrogen-bond donors (Lipinski definition) is 0. The molecule has 0 N–H and O–H groups in total. The largest absolute Gasteiger partial charge is 0.494 e. The molecule has 1 amide bonds. The Morgan fingerprint density at radius 1 is 1.14 bits per heavy atom. The zero-order chi connectivity index (χ0) is 25.4. The van der Waals surface area contributed by atoms with E-state index in [0.717, 1.165) is 11.5 Å². The van der Waals surface area contributed by atoms with Crippen molar-refractivity contribution >= 4 is 40.1 Å². The third-order valence-corrected chi connectivity index (χ3v) is 6.33. The molecular formula is C24H19ClFN5O5. The maximum absolute atomic E-state index is 14.3. The van der Waals surface area contributed by atoms with Gasteiger partial charge in [-0.15, -0.1) is 0 Å². The van der Waals surface area contributed by atoms with Crippen LogP contribution in [-0.4, -0.2) is 59.0 Å². The molecule has 2 aromatic heterocycles. The second-order valence-electron chi connectivity index (χ2n) is 8.07. The molecule has 0 bridgehead atoms. The average molecular weight is 512 g/mol. The molecule has 10 nitrogen and oxygen atoms in total. The molecule has 4 aromatic rings. The Bertz CT molecular complexity index is 1490. The van der Waals surface area contributed by atoms with Crippen LogP contribution in [0.5, 0.6) is 5.75 Å². The summed E-state index contributed by atoms with van der Waals surface area (Å²) in [6, 6.07) is 10.6. The van der Waals surface area contributed by atoms with Crippen molar-refractivity contribution in [2.24, 2.45) is 0 Å². The summed E-state index contributed by atoms with van der Waals surface area (Å²) >= 11 is 6.59. The van der Waals surface area contributed by atoms with Gasteiger partial charge in [0.25, 0.3) is 5.91 Å². The highest BCUT2D eigenvalue weighted by Crippen LogP contribution is 2.36. The number of nitro groups is 1. The van der Waals surface area contributed by atoms with E-state index in [-0.39, 0.29) is 11.5 Å². The number of hydrogen-bond acceptors (Lipinski definition) is 8. The molecular weight excluding hydrogens is 493 g/mol. The Morgan fingerprint density at radius 2 is 1.92 bits per heavy atom. The van der Waals surface area contributed by atoms with Crippen molar-refractivity contribution < 1.29 is 23.3 Å². The molecule has 36 heavy (non-hydrogen) atoms. The second-order valence-corrected chi connectivity index (χ2v) is 8.48. The molecule has 0 radical (unpaired) electrons. The summed E-state index contributed by atoms with van der Waals surface area (Å²) in [7, 11) is 1.40. The van der Waals surface area contributed by atoms with E-state index in [1.807, 2.05) is 4.90 Å². The Kier molecular flexibility index (Phi) is 6.15. The first-order chi connectivity index (χ1) is 17.4. The van der Waals surface area contributed by atoms with Crippen molar-refractivity contribution in [1.29, 1.82) is 0 Å². The fourth-order valence-electron chi connectivity index (χ4n) is 4.19. The minimum absolute atomic E-state index is 0.0723. The molecule has 1 saturated heterocycles. The van der Waals surface area contributed by atoms with Crippen LogP contribution in [0.1, 0.15) is 10.6 Å². The minimum atomic E-state index is -0.684. The third kappa shape index (κ3) is 4.29. The maximum Gasteiger partial charge on any atom is 0.433 e. The molecule has 184 valence electrons. The van der Waals surface area contributed by atoms with Gasteiger partial charge >= 0.3 is 5.88 Å². The van der Waals surface area contributed by atoms with E-state index in [1.54, 1.807) is 23.1 Å². The lowest BCUT2D eigenvalue weighted by molar-refractivity contribution is -0.402. The predicted octanol–water partition coefficient (Wildman–Crippen LogP) is 4.56. The number of fused-ring (bicyclic) bond motifs is 1. The van der Waals surface area contributed by atoms with Gasteiger partial charge in [-0.1, -0.05) is 17.7 Å². The number of furan rings is 1. The first kappa shape index (κ1) is 23.5. The number of piperazine rings is 1. The van der Waals surface area contributed by atoms with Gasteiger partial charge in [-0.25, -0.2) is 14.4 Å². The normalized spacial score (nSPS) is 13.8. The van der Waals surface area contributed by atoms with Gasteiger partial charge < -0.3 is 19.0 Å². The van der Waals surface area contributed by atoms with Crippen LogP contribution in [0.25, 0.3) is 22.0 Å². The van der Waals surface area contributed by atoms with E-state index in [2.05, 4.69) is 9.97 Å². The smallest absolute Gasteiger partial charge is 0.433 e. The van der Waals surface area contributed by atoms with Gasteiger partial charge in [-0.05, 0) is 35.9 Å². The van der Waals surface area contributed by atoms with Crippen LogP contribution >= 0.6 is 11.6 Å². The van der Waals surface area contributed by atoms with Crippen LogP contribution in [0, 0.1) is 15.9 Å². The number of benzene rings is 2. The van der Waals surface area contributed by atoms with E-state index < -0.39 is 22.5 Å². The monoisotopic (exact) mass is 511 g/mol. The van der Waals surface area contributed by atoms with Gasteiger partial charge in [0, 0.05) is 42.2 Å². The topological polar surface area (TPSA) is 115 Å². The first-order valence-corrected chi connectivity index (χ1v) is 11.3. The van der Waals surface area contributed by atoms with Crippen molar-refractivity contribution in [3.05, 3.63) is 75.5 Å². The number of amides is 1. The molecule has 1 aliphatic rings. The molecule has 0 saturated carbocycles. The molecule has 0 aliphatic carbocycles. The standard InChI is InChI=1S/C24H19ClFN5O5/c1-35-20-3-2-14(10-18(20)26)15-12-19-16(11-17(15)25)23(28-13-27-19)29-6-8-30(9-7-29)24(32)21-4-5-22(36-21)31(33)34/h2-5,10-13H,6-9H2,1H3. The Morgan fingerprint density at radius 3 is 2.58 bits per heavy atom. The Hall–Kier alpha value is -4.25. The minimum Gasteiger partial charge on any atom is -0.494 e. The van der Waals surface area contributed by atoms with Crippen LogP contribution in [0.15, 0.2) is 53.2 Å². The SMILES string of the molecule is COc1ccc(-c2cc3ncnc(N4CCN(C(=O)c5ccc([N+](=O)[O-])o5)CC4)c3cc2Cl)cc1F. The van der Waals surface area contributed by atoms with E-state index in [9.17, 15) is 19.3 Å². The molecule has 12 heteroatoms. The van der Waals surface area contributed by atoms with Gasteiger partial charge in [0.2, 0.25) is 0 Å². The maximum atomic E-state index is 14.3. The number of rotatable bonds is 5. The Labute approximate surface area is 209 Å². The molecule has 0 unspecified atom stereocenters. The average Bonchev–Trinajstić information content (AvgIpc) is 3.38. The van der Waals surface area contributed by atoms with E-state index >= 15 is 0 Å². The second kappa shape index (κ2) is 9.42. The van der Waals surface area contributed by atoms with Crippen molar-refractivity contribution in [2.75, 3.05) is 38.2 Å². The molecule has 0 spiro atoms. The quantitative estimate of drug-likeness (QED) is 0.283. The van der Waals surface area contributed by atoms with Crippen LogP contribution in [-0.2, 0) is 0 Å². The van der Waals surface area contributed by atoms with Crippen LogP contribution in [0.2, 0.25) is 5.02 Å². The van der Waals surface area contributed by atoms with Gasteiger partial charge in [0.1, 0.15) is 17.1 Å². The fourth-order valence-corrected chi connectivity index (χ4v) is 4.46. The lowest BCUT2D eigenvalue weighted by Crippen LogP contribution is -2.49. The lowest BCUT2D eigenvalue weighted by atomic mass is 10.0. The number of carbonyl (C=O) groups is 1. The van der Waals surface area contributed by atoms with Crippen LogP contribution in [0.3, 0.4) is 0 Å². The van der Waals surface area contributed by atoms with E-state index in [4.69, 9.17) is 20.8 Å². The first-order valence-electron chi connectivity index (χ1n) is 10.9. The van der Waals surface area contributed by atoms with Crippen molar-refractivity contribution in [2.45, 2.75) is 0 Å². The van der Waals surface area contributed by atoms with Crippen LogP contribution in [0.4, 0.5) is 16.1 Å². The zero-order valence-electron chi connectivity index (χ0n) is 19.0. The number of ether oxygens (including phenoxy) is 1. The Balaban J connectivity index is 1.37. The third-order valence-electron chi connectivity index (χ3n) is 6.01. The fraction of sp³-hybridized carbons (Fsp3) is 0.208. The number of anilines is 1. The number of nitrogens with zero attached hydrogens (tertiary/aromatic N) is 5. The van der Waals surface area contributed by atoms with Crippen LogP contribution < -0.4 is 9.64 Å². The zero-order valence-corrected chi connectivity index (χ0v) is 19.7. The van der Waals surface area contributed by atoms with Crippen molar-refractivity contribution in [3.8, 4) is 16.9 Å². The lowest BCUT2D eigenvalue weighted by Gasteiger charge is -2.35. The van der Waals surface area contributed by atoms with Gasteiger partial charge in [0.05, 0.1) is 18.7 Å². The number of halogens is 2. The van der Waals surface area contributed by atoms with Gasteiger partial charge in [-0.2, -0.15) is 0 Å². The highest BCUT2D eigenvalue weighted by atomic mass is 35.5. The highest BCUT2D eigenvalue weighted by Gasteiger charge is 2.27. The number of aromatic nitrogens is 2. The predicted molar refractivity (Wildman–Crippen MR) is 130 cm³/mol. The van der Waals surface area contributed by atoms with Crippen molar-refractivity contribution in [1.82, 2.24) is 14.9 Å². The molecule has 1 aliphatic heterocycles. The number of carbonyl (C=O) groups excluding carboxylic acids is 1. The van der Waals surface area contributed by atoms with Crippen molar-refractivity contribution in [3.63, 3.8) is 0 Å². The molecule has 3 heterocycles. The van der Waals surface area contributed by atoms with E-state index in [0.29, 0.717) is 53.7 Å². The summed E-state index contributed by atoms with van der Waals surface area (Å²) in [5.41, 5.74) is 1.85. The van der Waals surface area contributed by atoms with E-state index in [1.165, 1.54) is 31.6 Å². The molecule has 5 rings (SSSR count). The number of methoxy groups -OCH3 is 1. The summed E-state index contributed by atoms with van der Waals surface area (Å²) in [5.74, 6) is -0.644. The summed E-state index contributed by atoms with van der Waals surface area (Å²) < 4.78 is 24.3. The highest BCUT2D eigenvalue weighted by molar-refractivity contribution is 6.34.